The van der Waals surface area contributed by atoms with Gasteiger partial charge in [0.2, 0.25) is 5.95 Å². The summed E-state index contributed by atoms with van der Waals surface area (Å²) >= 11 is 0. The summed E-state index contributed by atoms with van der Waals surface area (Å²) in [6.07, 6.45) is 0.810. The summed E-state index contributed by atoms with van der Waals surface area (Å²) in [5.41, 5.74) is 1.26. The molecule has 0 bridgehead atoms. The second-order valence-corrected chi connectivity index (χ2v) is 11.1. The van der Waals surface area contributed by atoms with E-state index in [1.807, 2.05) is 47.6 Å². The lowest BCUT2D eigenvalue weighted by atomic mass is 9.99. The summed E-state index contributed by atoms with van der Waals surface area (Å²) in [5, 5.41) is 6.68. The smallest absolute Gasteiger partial charge is 0.256 e. The van der Waals surface area contributed by atoms with Crippen molar-refractivity contribution >= 4 is 22.9 Å². The molecule has 0 aliphatic rings. The van der Waals surface area contributed by atoms with E-state index in [4.69, 9.17) is 4.98 Å². The number of anilines is 1. The zero-order valence-corrected chi connectivity index (χ0v) is 27.7. The van der Waals surface area contributed by atoms with E-state index < -0.39 is 22.9 Å². The number of hydrogen-bond donors (Lipinski definition) is 2. The lowest BCUT2D eigenvalue weighted by Crippen LogP contribution is -2.36. The Kier molecular flexibility index (Phi) is 12.7. The molecule has 1 unspecified atom stereocenters. The summed E-state index contributed by atoms with van der Waals surface area (Å²) < 4.78 is 31.0. The van der Waals surface area contributed by atoms with Crippen LogP contribution in [0.2, 0.25) is 0 Å². The van der Waals surface area contributed by atoms with Crippen LogP contribution in [0.15, 0.2) is 53.3 Å². The largest absolute Gasteiger partial charge is 0.354 e. The number of halogens is 2. The van der Waals surface area contributed by atoms with E-state index in [1.54, 1.807) is 18.2 Å². The number of aryl methyl sites for hydroxylation is 1. The molecule has 10 heteroatoms. The van der Waals surface area contributed by atoms with Crippen LogP contribution in [0.1, 0.15) is 70.8 Å². The molecule has 0 saturated carbocycles. The van der Waals surface area contributed by atoms with Gasteiger partial charge in [0.1, 0.15) is 17.3 Å². The first-order valence-electron chi connectivity index (χ1n) is 15.8. The summed E-state index contributed by atoms with van der Waals surface area (Å²) in [6, 6.07) is 11.5. The second kappa shape index (κ2) is 16.2. The molecule has 242 valence electrons. The van der Waals surface area contributed by atoms with Crippen LogP contribution < -0.4 is 16.2 Å². The van der Waals surface area contributed by atoms with E-state index in [9.17, 15) is 9.59 Å². The molecule has 0 spiro atoms. The number of nitrogens with zero attached hydrogens (tertiary/aromatic N) is 4. The maximum atomic E-state index is 15.0. The fraction of sp³-hybridized carbons (Fsp3) is 0.429. The van der Waals surface area contributed by atoms with Gasteiger partial charge in [-0.1, -0.05) is 53.7 Å². The number of pyridine rings is 1. The third-order valence-electron chi connectivity index (χ3n) is 7.85. The molecule has 8 nitrogen and oxygen atoms in total. The van der Waals surface area contributed by atoms with E-state index in [0.29, 0.717) is 28.8 Å². The van der Waals surface area contributed by atoms with Gasteiger partial charge in [-0.05, 0) is 81.7 Å². The molecule has 0 aliphatic heterocycles. The highest BCUT2D eigenvalue weighted by molar-refractivity contribution is 5.98. The van der Waals surface area contributed by atoms with E-state index in [-0.39, 0.29) is 29.5 Å². The first-order valence-corrected chi connectivity index (χ1v) is 15.8. The van der Waals surface area contributed by atoms with Crippen LogP contribution >= 0.6 is 0 Å². The van der Waals surface area contributed by atoms with E-state index >= 15 is 8.78 Å². The van der Waals surface area contributed by atoms with Crippen molar-refractivity contribution in [2.75, 3.05) is 31.5 Å². The lowest BCUT2D eigenvalue weighted by Gasteiger charge is -2.19. The molecule has 0 fully saturated rings. The number of carbonyl (C=O) groups excluding carboxylic acids is 1. The molecule has 0 radical (unpaired) electrons. The molecular formula is C35H46F2N6O2. The Morgan fingerprint density at radius 1 is 0.978 bits per heavy atom. The molecule has 4 rings (SSSR count). The van der Waals surface area contributed by atoms with Crippen molar-refractivity contribution in [3.05, 3.63) is 81.6 Å². The van der Waals surface area contributed by atoms with Gasteiger partial charge in [-0.2, -0.15) is 4.98 Å². The monoisotopic (exact) mass is 620 g/mol. The van der Waals surface area contributed by atoms with Crippen LogP contribution in [0.4, 0.5) is 14.7 Å². The molecule has 2 N–H and O–H groups in total. The quantitative estimate of drug-likeness (QED) is 0.166. The lowest BCUT2D eigenvalue weighted by molar-refractivity contribution is 0.0930. The maximum Gasteiger partial charge on any atom is 0.256 e. The normalized spacial score (nSPS) is 11.8. The number of rotatable bonds is 12. The topological polar surface area (TPSA) is 92.2 Å². The van der Waals surface area contributed by atoms with Gasteiger partial charge in [-0.3, -0.25) is 14.2 Å². The summed E-state index contributed by atoms with van der Waals surface area (Å²) in [7, 11) is 0. The Bertz CT molecular complexity index is 1650. The Balaban J connectivity index is 0.00000271. The Hall–Kier alpha value is -4.18. The predicted octanol–water partition coefficient (Wildman–Crippen LogP) is 6.98. The number of carbonyl (C=O) groups is 1. The summed E-state index contributed by atoms with van der Waals surface area (Å²) in [6.45, 7) is 19.4. The minimum Gasteiger partial charge on any atom is -0.354 e. The van der Waals surface area contributed by atoms with Crippen molar-refractivity contribution in [1.82, 2.24) is 24.8 Å². The van der Waals surface area contributed by atoms with Crippen molar-refractivity contribution in [2.24, 2.45) is 5.92 Å². The number of benzene rings is 2. The average Bonchev–Trinajstić information content (AvgIpc) is 3.02. The molecule has 0 saturated heterocycles. The highest BCUT2D eigenvalue weighted by atomic mass is 19.1. The van der Waals surface area contributed by atoms with Gasteiger partial charge >= 0.3 is 0 Å². The fourth-order valence-corrected chi connectivity index (χ4v) is 4.84. The van der Waals surface area contributed by atoms with Crippen LogP contribution in [0.5, 0.6) is 0 Å². The first kappa shape index (κ1) is 35.3. The van der Waals surface area contributed by atoms with Gasteiger partial charge < -0.3 is 15.5 Å². The number of nitrogens with one attached hydrogen (secondary N) is 2. The van der Waals surface area contributed by atoms with Gasteiger partial charge in [-0.25, -0.2) is 13.8 Å². The molecule has 2 heterocycles. The predicted molar refractivity (Wildman–Crippen MR) is 179 cm³/mol. The number of hydrogen-bond acceptors (Lipinski definition) is 6. The van der Waals surface area contributed by atoms with Crippen LogP contribution in [-0.4, -0.2) is 57.6 Å². The third-order valence-corrected chi connectivity index (χ3v) is 7.85. The van der Waals surface area contributed by atoms with Crippen LogP contribution in [0, 0.1) is 24.5 Å². The zero-order valence-electron chi connectivity index (χ0n) is 27.7. The van der Waals surface area contributed by atoms with E-state index in [1.165, 1.54) is 12.1 Å². The molecule has 45 heavy (non-hydrogen) atoms. The van der Waals surface area contributed by atoms with Crippen LogP contribution in [-0.2, 0) is 0 Å². The maximum absolute atomic E-state index is 15.0. The second-order valence-electron chi connectivity index (χ2n) is 11.1. The number of para-hydroxylation sites is 1. The Morgan fingerprint density at radius 2 is 1.64 bits per heavy atom. The molecule has 4 aromatic rings. The van der Waals surface area contributed by atoms with Crippen molar-refractivity contribution in [3.8, 4) is 16.9 Å². The number of amides is 1. The van der Waals surface area contributed by atoms with Crippen LogP contribution in [0.25, 0.3) is 28.0 Å². The van der Waals surface area contributed by atoms with Gasteiger partial charge in [0.05, 0.1) is 5.69 Å². The summed E-state index contributed by atoms with van der Waals surface area (Å²) in [4.78, 5) is 38.0. The third kappa shape index (κ3) is 8.30. The highest BCUT2D eigenvalue weighted by Crippen LogP contribution is 2.31. The number of aromatic nitrogens is 3. The minimum absolute atomic E-state index is 0.0330. The number of fused-ring (bicyclic) bond motifs is 1. The van der Waals surface area contributed by atoms with Crippen molar-refractivity contribution < 1.29 is 13.6 Å². The van der Waals surface area contributed by atoms with Crippen molar-refractivity contribution in [1.29, 1.82) is 0 Å². The SMILES string of the molecule is CC.CCN(CC)CCCNc1nc(-c2cc(C(=O)NC(C)C(C)C)ccc2C)c2ccc(=O)n(-c3c(F)cccc3F)c2n1. The standard InChI is InChI=1S/C33H40F2N6O2.C2H6/c1-7-40(8-2)18-10-17-36-33-38-29(25-19-23(14-13-21(25)5)32(43)37-22(6)20(3)4)24-15-16-28(42)41(31(24)39-33)30-26(34)11-9-12-27(30)35;1-2/h9,11-16,19-20,22H,7-8,10,17-18H2,1-6H3,(H,37,43)(H,36,38,39);1-2H3. The van der Waals surface area contributed by atoms with E-state index in [0.717, 1.165) is 48.3 Å². The van der Waals surface area contributed by atoms with Gasteiger partial charge in [-0.15, -0.1) is 0 Å². The van der Waals surface area contributed by atoms with Gasteiger partial charge in [0.25, 0.3) is 11.5 Å². The molecule has 2 aromatic heterocycles. The molecular weight excluding hydrogens is 574 g/mol. The minimum atomic E-state index is -0.891. The van der Waals surface area contributed by atoms with Crippen molar-refractivity contribution in [2.45, 2.75) is 67.9 Å². The Labute approximate surface area is 264 Å². The van der Waals surface area contributed by atoms with Gasteiger partial charge in [0.15, 0.2) is 5.65 Å². The Morgan fingerprint density at radius 3 is 2.27 bits per heavy atom. The molecule has 2 aromatic carbocycles. The first-order chi connectivity index (χ1) is 21.5. The average molecular weight is 621 g/mol. The summed E-state index contributed by atoms with van der Waals surface area (Å²) in [5.74, 6) is -1.54. The van der Waals surface area contributed by atoms with Gasteiger partial charge in [0, 0.05) is 35.2 Å². The van der Waals surface area contributed by atoms with Crippen molar-refractivity contribution in [3.63, 3.8) is 0 Å². The van der Waals surface area contributed by atoms with E-state index in [2.05, 4.69) is 34.4 Å². The molecule has 0 aliphatic carbocycles. The molecule has 1 amide bonds. The highest BCUT2D eigenvalue weighted by Gasteiger charge is 2.21. The fourth-order valence-electron chi connectivity index (χ4n) is 4.84. The zero-order chi connectivity index (χ0) is 33.3. The molecule has 1 atom stereocenters. The van der Waals surface area contributed by atoms with Crippen LogP contribution in [0.3, 0.4) is 0 Å².